The summed E-state index contributed by atoms with van der Waals surface area (Å²) >= 11 is 0. The zero-order valence-electron chi connectivity index (χ0n) is 16.3. The molecule has 3 rings (SSSR count). The molecule has 0 radical (unpaired) electrons. The summed E-state index contributed by atoms with van der Waals surface area (Å²) < 4.78 is 66.6. The Bertz CT molecular complexity index is 972. The van der Waals surface area contributed by atoms with Crippen molar-refractivity contribution < 1.29 is 31.5 Å². The van der Waals surface area contributed by atoms with Gasteiger partial charge in [-0.05, 0) is 36.2 Å². The Hall–Kier alpha value is -3.01. The van der Waals surface area contributed by atoms with E-state index < -0.39 is 46.8 Å². The molecule has 1 atom stereocenters. The molecular formula is C21H20F5N3O2. The molecule has 0 saturated carbocycles. The molecule has 1 heterocycles. The molecule has 1 fully saturated rings. The van der Waals surface area contributed by atoms with E-state index >= 15 is 0 Å². The van der Waals surface area contributed by atoms with Crippen molar-refractivity contribution in [2.75, 3.05) is 26.2 Å². The smallest absolute Gasteiger partial charge is 0.338 e. The number of carbonyl (C=O) groups is 2. The van der Waals surface area contributed by atoms with Crippen LogP contribution in [0.4, 0.5) is 22.0 Å². The summed E-state index contributed by atoms with van der Waals surface area (Å²) in [5.41, 5.74) is 4.56. The Morgan fingerprint density at radius 3 is 2.23 bits per heavy atom. The average molecular weight is 441 g/mol. The number of hydrogen-bond donors (Lipinski definition) is 1. The van der Waals surface area contributed by atoms with Crippen molar-refractivity contribution in [3.63, 3.8) is 0 Å². The molecule has 1 aliphatic rings. The molecule has 0 aromatic heterocycles. The van der Waals surface area contributed by atoms with Gasteiger partial charge in [0.2, 0.25) is 5.91 Å². The predicted molar refractivity (Wildman–Crippen MR) is 102 cm³/mol. The summed E-state index contributed by atoms with van der Waals surface area (Å²) in [7, 11) is 0. The largest absolute Gasteiger partial charge is 0.416 e. The molecule has 1 saturated heterocycles. The topological polar surface area (TPSA) is 66.6 Å². The Kier molecular flexibility index (Phi) is 6.59. The van der Waals surface area contributed by atoms with Gasteiger partial charge in [0.1, 0.15) is 11.6 Å². The van der Waals surface area contributed by atoms with Gasteiger partial charge in [-0.1, -0.05) is 18.2 Å². The minimum Gasteiger partial charge on any atom is -0.338 e. The molecule has 2 N–H and O–H groups in total. The van der Waals surface area contributed by atoms with E-state index in [4.69, 9.17) is 5.73 Å². The zero-order valence-corrected chi connectivity index (χ0v) is 16.3. The third kappa shape index (κ3) is 5.19. The first-order chi connectivity index (χ1) is 14.6. The number of benzene rings is 2. The fourth-order valence-corrected chi connectivity index (χ4v) is 3.50. The van der Waals surface area contributed by atoms with Gasteiger partial charge in [0.25, 0.3) is 5.91 Å². The third-order valence-electron chi connectivity index (χ3n) is 5.12. The number of hydrogen-bond acceptors (Lipinski definition) is 3. The number of halogens is 5. The molecule has 0 spiro atoms. The van der Waals surface area contributed by atoms with Gasteiger partial charge in [0, 0.05) is 26.2 Å². The van der Waals surface area contributed by atoms with Crippen LogP contribution in [-0.2, 0) is 17.4 Å². The number of carbonyl (C=O) groups excluding carboxylic acids is 2. The maximum atomic E-state index is 13.8. The van der Waals surface area contributed by atoms with E-state index in [0.717, 1.165) is 24.3 Å². The molecule has 0 aliphatic carbocycles. The summed E-state index contributed by atoms with van der Waals surface area (Å²) in [6.45, 7) is 0.283. The lowest BCUT2D eigenvalue weighted by Gasteiger charge is -2.36. The van der Waals surface area contributed by atoms with Crippen LogP contribution in [0.2, 0.25) is 0 Å². The van der Waals surface area contributed by atoms with Crippen LogP contribution in [-0.4, -0.2) is 53.8 Å². The van der Waals surface area contributed by atoms with E-state index in [1.165, 1.54) is 28.0 Å². The summed E-state index contributed by atoms with van der Waals surface area (Å²) in [5.74, 6) is -2.84. The first-order valence-electron chi connectivity index (χ1n) is 9.51. The highest BCUT2D eigenvalue weighted by Crippen LogP contribution is 2.32. The van der Waals surface area contributed by atoms with Crippen LogP contribution in [0.15, 0.2) is 42.5 Å². The molecule has 2 aromatic rings. The van der Waals surface area contributed by atoms with Crippen molar-refractivity contribution in [3.8, 4) is 0 Å². The third-order valence-corrected chi connectivity index (χ3v) is 5.12. The molecule has 10 heteroatoms. The van der Waals surface area contributed by atoms with Gasteiger partial charge in [-0.3, -0.25) is 9.59 Å². The van der Waals surface area contributed by atoms with Gasteiger partial charge >= 0.3 is 6.18 Å². The van der Waals surface area contributed by atoms with E-state index in [-0.39, 0.29) is 38.2 Å². The van der Waals surface area contributed by atoms with Crippen molar-refractivity contribution in [3.05, 3.63) is 70.8 Å². The molecule has 2 aromatic carbocycles. The van der Waals surface area contributed by atoms with Crippen molar-refractivity contribution in [1.82, 2.24) is 9.80 Å². The van der Waals surface area contributed by atoms with Crippen LogP contribution >= 0.6 is 0 Å². The van der Waals surface area contributed by atoms with Crippen LogP contribution in [0.25, 0.3) is 0 Å². The van der Waals surface area contributed by atoms with E-state index in [0.29, 0.717) is 0 Å². The lowest BCUT2D eigenvalue weighted by Crippen LogP contribution is -2.54. The lowest BCUT2D eigenvalue weighted by molar-refractivity contribution is -0.139. The fraction of sp³-hybridized carbons (Fsp3) is 0.333. The number of nitrogens with two attached hydrogens (primary N) is 1. The predicted octanol–water partition coefficient (Wildman–Crippen LogP) is 2.84. The molecule has 31 heavy (non-hydrogen) atoms. The van der Waals surface area contributed by atoms with Gasteiger partial charge in [-0.25, -0.2) is 8.78 Å². The Morgan fingerprint density at radius 1 is 0.968 bits per heavy atom. The number of rotatable bonds is 4. The average Bonchev–Trinajstić information content (AvgIpc) is 2.74. The normalized spacial score (nSPS) is 15.7. The molecule has 0 bridgehead atoms. The summed E-state index contributed by atoms with van der Waals surface area (Å²) in [6.07, 6.45) is -4.85. The quantitative estimate of drug-likeness (QED) is 0.743. The lowest BCUT2D eigenvalue weighted by atomic mass is 9.99. The molecule has 166 valence electrons. The SMILES string of the molecule is NC(Cc1ccccc1C(F)(F)F)C(=O)N1CCN(C(=O)c2cc(F)ccc2F)CC1. The second-order valence-electron chi connectivity index (χ2n) is 7.21. The van der Waals surface area contributed by atoms with Crippen molar-refractivity contribution >= 4 is 11.8 Å². The Labute approximate surface area is 175 Å². The number of alkyl halides is 3. The van der Waals surface area contributed by atoms with E-state index in [1.54, 1.807) is 0 Å². The van der Waals surface area contributed by atoms with Crippen LogP contribution in [0, 0.1) is 11.6 Å². The molecule has 5 nitrogen and oxygen atoms in total. The van der Waals surface area contributed by atoms with Gasteiger partial charge in [-0.2, -0.15) is 13.2 Å². The van der Waals surface area contributed by atoms with Crippen LogP contribution < -0.4 is 5.73 Å². The first kappa shape index (κ1) is 22.7. The Balaban J connectivity index is 1.62. The maximum Gasteiger partial charge on any atom is 0.416 e. The second-order valence-corrected chi connectivity index (χ2v) is 7.21. The van der Waals surface area contributed by atoms with E-state index in [9.17, 15) is 31.5 Å². The number of nitrogens with zero attached hydrogens (tertiary/aromatic N) is 2. The van der Waals surface area contributed by atoms with Crippen LogP contribution in [0.3, 0.4) is 0 Å². The zero-order chi connectivity index (χ0) is 22.8. The first-order valence-corrected chi connectivity index (χ1v) is 9.51. The van der Waals surface area contributed by atoms with Crippen molar-refractivity contribution in [1.29, 1.82) is 0 Å². The van der Waals surface area contributed by atoms with Crippen LogP contribution in [0.5, 0.6) is 0 Å². The molecule has 1 aliphatic heterocycles. The molecular weight excluding hydrogens is 421 g/mol. The van der Waals surface area contributed by atoms with Gasteiger partial charge < -0.3 is 15.5 Å². The second kappa shape index (κ2) is 9.01. The van der Waals surface area contributed by atoms with Crippen molar-refractivity contribution in [2.45, 2.75) is 18.6 Å². The maximum absolute atomic E-state index is 13.8. The highest BCUT2D eigenvalue weighted by Gasteiger charge is 2.34. The Morgan fingerprint density at radius 2 is 1.58 bits per heavy atom. The summed E-state index contributed by atoms with van der Waals surface area (Å²) in [4.78, 5) is 27.7. The molecule has 2 amide bonds. The highest BCUT2D eigenvalue weighted by atomic mass is 19.4. The fourth-order valence-electron chi connectivity index (χ4n) is 3.50. The highest BCUT2D eigenvalue weighted by molar-refractivity contribution is 5.94. The van der Waals surface area contributed by atoms with E-state index in [2.05, 4.69) is 0 Å². The number of piperazine rings is 1. The minimum atomic E-state index is -4.56. The minimum absolute atomic E-state index is 0.0619. The monoisotopic (exact) mass is 441 g/mol. The molecule has 1 unspecified atom stereocenters. The van der Waals surface area contributed by atoms with Gasteiger partial charge in [0.05, 0.1) is 17.2 Å². The summed E-state index contributed by atoms with van der Waals surface area (Å²) in [5, 5.41) is 0. The summed E-state index contributed by atoms with van der Waals surface area (Å²) in [6, 6.07) is 6.30. The van der Waals surface area contributed by atoms with Crippen molar-refractivity contribution in [2.24, 2.45) is 5.73 Å². The standard InChI is InChI=1S/C21H20F5N3O2/c22-14-5-6-17(23)15(12-14)19(30)28-7-9-29(10-8-28)20(31)18(27)11-13-3-1-2-4-16(13)21(24,25)26/h1-6,12,18H,7-11,27H2. The van der Waals surface area contributed by atoms with E-state index in [1.807, 2.05) is 0 Å². The van der Waals surface area contributed by atoms with Crippen LogP contribution in [0.1, 0.15) is 21.5 Å². The number of amides is 2. The van der Waals surface area contributed by atoms with Gasteiger partial charge in [-0.15, -0.1) is 0 Å². The van der Waals surface area contributed by atoms with Gasteiger partial charge in [0.15, 0.2) is 0 Å².